The topological polar surface area (TPSA) is 60.7 Å². The van der Waals surface area contributed by atoms with E-state index in [1.807, 2.05) is 0 Å². The molecule has 0 aliphatic rings. The summed E-state index contributed by atoms with van der Waals surface area (Å²) in [6.07, 6.45) is 0. The Morgan fingerprint density at radius 2 is 1.00 bits per heavy atom. The molecule has 0 atom stereocenters. The van der Waals surface area contributed by atoms with Gasteiger partial charge in [-0.3, -0.25) is 0 Å². The van der Waals surface area contributed by atoms with E-state index < -0.39 is 7.32 Å². The second-order valence-electron chi connectivity index (χ2n) is 0.346. The van der Waals surface area contributed by atoms with Crippen LogP contribution in [0.15, 0.2) is 0 Å². The van der Waals surface area contributed by atoms with E-state index in [-0.39, 0.29) is 41.5 Å². The van der Waals surface area contributed by atoms with E-state index >= 15 is 0 Å². The fraction of sp³-hybridized carbons (Fsp3) is 0. The molecule has 0 aromatic rings. The minimum atomic E-state index is -2.17. The van der Waals surface area contributed by atoms with Crippen LogP contribution in [-0.2, 0) is 17.1 Å². The Morgan fingerprint density at radius 1 is 1.00 bits per heavy atom. The van der Waals surface area contributed by atoms with Crippen molar-refractivity contribution in [3.05, 3.63) is 0 Å². The fourth-order valence-electron chi connectivity index (χ4n) is 0. The first kappa shape index (κ1) is 15.7. The summed E-state index contributed by atoms with van der Waals surface area (Å²) in [6.45, 7) is 0. The summed E-state index contributed by atoms with van der Waals surface area (Å²) in [4.78, 5) is 0. The average molecular weight is 242 g/mol. The van der Waals surface area contributed by atoms with Crippen molar-refractivity contribution >= 4 is 31.7 Å². The summed E-state index contributed by atoms with van der Waals surface area (Å²) in [5.41, 5.74) is 0. The third kappa shape index (κ3) is 58.9. The molecular weight excluding hydrogens is 236 g/mol. The first-order valence-electron chi connectivity index (χ1n) is 0.775. The van der Waals surface area contributed by atoms with Crippen LogP contribution in [0.25, 0.3) is 0 Å². The van der Waals surface area contributed by atoms with Crippen LogP contribution >= 0.6 is 0 Å². The van der Waals surface area contributed by atoms with Gasteiger partial charge in [0.25, 0.3) is 0 Å². The van der Waals surface area contributed by atoms with Crippen LogP contribution < -0.4 is 0 Å². The van der Waals surface area contributed by atoms with E-state index in [2.05, 4.69) is 0 Å². The SMILES string of the molecule is OB(O)O.[Mn].[SbH3]. The molecule has 0 heterocycles. The third-order valence-electron chi connectivity index (χ3n) is 0. The Balaban J connectivity index is -0.0000000450. The van der Waals surface area contributed by atoms with Crippen molar-refractivity contribution in [1.29, 1.82) is 0 Å². The van der Waals surface area contributed by atoms with Crippen molar-refractivity contribution in [2.24, 2.45) is 0 Å². The molecule has 3 N–H and O–H groups in total. The van der Waals surface area contributed by atoms with Gasteiger partial charge in [0.2, 0.25) is 0 Å². The van der Waals surface area contributed by atoms with Gasteiger partial charge in [-0.2, -0.15) is 0 Å². The van der Waals surface area contributed by atoms with Crippen molar-refractivity contribution in [2.75, 3.05) is 0 Å². The quantitative estimate of drug-likeness (QED) is 0.391. The second kappa shape index (κ2) is 9.56. The molecule has 0 saturated heterocycles. The summed E-state index contributed by atoms with van der Waals surface area (Å²) in [5.74, 6) is 0. The molecule has 6 heteroatoms. The Labute approximate surface area is 63.9 Å². The van der Waals surface area contributed by atoms with E-state index in [1.54, 1.807) is 0 Å². The maximum atomic E-state index is 7.17. The molecule has 0 aliphatic carbocycles. The minimum absolute atomic E-state index is 0. The van der Waals surface area contributed by atoms with Crippen LogP contribution in [0, 0.1) is 0 Å². The zero-order valence-corrected chi connectivity index (χ0v) is 8.22. The van der Waals surface area contributed by atoms with Crippen LogP contribution in [0.5, 0.6) is 0 Å². The van der Waals surface area contributed by atoms with E-state index in [9.17, 15) is 0 Å². The van der Waals surface area contributed by atoms with Crippen LogP contribution in [0.2, 0.25) is 0 Å². The fourth-order valence-corrected chi connectivity index (χ4v) is 0. The van der Waals surface area contributed by atoms with Crippen molar-refractivity contribution < 1.29 is 32.1 Å². The summed E-state index contributed by atoms with van der Waals surface area (Å²) in [5, 5.41) is 21.5. The maximum absolute atomic E-state index is 7.17. The zero-order chi connectivity index (χ0) is 3.58. The molecule has 0 bridgehead atoms. The first-order valence-corrected chi connectivity index (χ1v) is 0.775. The standard InChI is InChI=1S/BH3O3.Mn.Sb.3H/c2-1(3)4;;;;;/h2-4H;;;;;. The van der Waals surface area contributed by atoms with Crippen molar-refractivity contribution in [3.63, 3.8) is 0 Å². The molecule has 1 radical (unpaired) electrons. The van der Waals surface area contributed by atoms with E-state index in [4.69, 9.17) is 15.1 Å². The van der Waals surface area contributed by atoms with Gasteiger partial charge in [0.1, 0.15) is 0 Å². The predicted molar refractivity (Wildman–Crippen MR) is 22.3 cm³/mol. The van der Waals surface area contributed by atoms with E-state index in [0.29, 0.717) is 0 Å². The van der Waals surface area contributed by atoms with Crippen molar-refractivity contribution in [3.8, 4) is 0 Å². The average Bonchev–Trinajstić information content (AvgIpc) is 0.811. The summed E-state index contributed by atoms with van der Waals surface area (Å²) in [6, 6.07) is 0. The monoisotopic (exact) mass is 241 g/mol. The zero-order valence-electron chi connectivity index (χ0n) is 3.00. The van der Waals surface area contributed by atoms with Gasteiger partial charge >= 0.3 is 31.7 Å². The molecule has 3 nitrogen and oxygen atoms in total. The number of hydrogen-bond acceptors (Lipinski definition) is 3. The first-order chi connectivity index (χ1) is 1.73. The molecule has 0 aromatic carbocycles. The summed E-state index contributed by atoms with van der Waals surface area (Å²) >= 11 is 0. The molecule has 0 unspecified atom stereocenters. The molecule has 0 fully saturated rings. The van der Waals surface area contributed by atoms with Gasteiger partial charge in [-0.15, -0.1) is 0 Å². The van der Waals surface area contributed by atoms with Gasteiger partial charge in [-0.05, 0) is 0 Å². The molecule has 0 aromatic heterocycles. The Kier molecular flexibility index (Phi) is 25.0. The van der Waals surface area contributed by atoms with Gasteiger partial charge in [-0.25, -0.2) is 0 Å². The number of hydrogen-bond donors (Lipinski definition) is 3. The predicted octanol–water partition coefficient (Wildman–Crippen LogP) is -3.24. The van der Waals surface area contributed by atoms with Gasteiger partial charge < -0.3 is 15.1 Å². The Hall–Kier alpha value is 1.28. The second-order valence-corrected chi connectivity index (χ2v) is 0.346. The van der Waals surface area contributed by atoms with E-state index in [1.165, 1.54) is 0 Å². The van der Waals surface area contributed by atoms with Crippen LogP contribution in [0.1, 0.15) is 0 Å². The number of rotatable bonds is 0. The molecule has 0 amide bonds. The normalized spacial score (nSPS) is 4.50. The van der Waals surface area contributed by atoms with Crippen molar-refractivity contribution in [2.45, 2.75) is 0 Å². The Morgan fingerprint density at radius 3 is 1.00 bits per heavy atom. The van der Waals surface area contributed by atoms with Gasteiger partial charge in [0, 0.05) is 17.1 Å². The van der Waals surface area contributed by atoms with Crippen LogP contribution in [-0.4, -0.2) is 46.8 Å². The Bertz CT molecular complexity index is 15.5. The molecule has 0 rings (SSSR count). The van der Waals surface area contributed by atoms with E-state index in [0.717, 1.165) is 0 Å². The van der Waals surface area contributed by atoms with Crippen molar-refractivity contribution in [1.82, 2.24) is 0 Å². The molecule has 0 spiro atoms. The summed E-state index contributed by atoms with van der Waals surface area (Å²) < 4.78 is 0. The van der Waals surface area contributed by atoms with Gasteiger partial charge in [0.15, 0.2) is 0 Å². The third-order valence-corrected chi connectivity index (χ3v) is 0. The molecule has 39 valence electrons. The van der Waals surface area contributed by atoms with Crippen LogP contribution in [0.4, 0.5) is 0 Å². The van der Waals surface area contributed by atoms with Gasteiger partial charge in [0.05, 0.1) is 0 Å². The van der Waals surface area contributed by atoms with Crippen LogP contribution in [0.3, 0.4) is 0 Å². The summed E-state index contributed by atoms with van der Waals surface area (Å²) in [7, 11) is -2.17. The molecule has 6 heavy (non-hydrogen) atoms. The molecular formula is H6BMnO3Sb. The molecule has 0 aliphatic heterocycles. The molecule has 0 saturated carbocycles. The van der Waals surface area contributed by atoms with Gasteiger partial charge in [-0.1, -0.05) is 0 Å².